The lowest BCUT2D eigenvalue weighted by Crippen LogP contribution is -2.32. The molecular formula is C22H22F3N3OS. The molecule has 0 aliphatic heterocycles. The van der Waals surface area contributed by atoms with E-state index in [9.17, 15) is 18.0 Å². The van der Waals surface area contributed by atoms with Gasteiger partial charge in [-0.1, -0.05) is 79.3 Å². The number of hydrogen-bond donors (Lipinski definition) is 1. The number of benzene rings is 2. The van der Waals surface area contributed by atoms with Crippen LogP contribution in [0.3, 0.4) is 0 Å². The van der Waals surface area contributed by atoms with E-state index in [0.717, 1.165) is 21.9 Å². The first-order valence-corrected chi connectivity index (χ1v) is 10.4. The molecule has 30 heavy (non-hydrogen) atoms. The molecule has 0 aliphatic carbocycles. The van der Waals surface area contributed by atoms with E-state index in [1.54, 1.807) is 30.3 Å². The predicted molar refractivity (Wildman–Crippen MR) is 112 cm³/mol. The maximum Gasteiger partial charge on any atom is 0.406 e. The van der Waals surface area contributed by atoms with Gasteiger partial charge in [-0.05, 0) is 17.5 Å². The molecular weight excluding hydrogens is 411 g/mol. The number of aromatic nitrogens is 2. The number of imidazole rings is 1. The van der Waals surface area contributed by atoms with Crippen LogP contribution in [-0.2, 0) is 17.9 Å². The number of carbonyl (C=O) groups excluding carboxylic acids is 1. The van der Waals surface area contributed by atoms with E-state index in [0.29, 0.717) is 24.2 Å². The van der Waals surface area contributed by atoms with Gasteiger partial charge in [-0.15, -0.1) is 0 Å². The molecule has 1 heterocycles. The number of hydrogen-bond acceptors (Lipinski definition) is 3. The average Bonchev–Trinajstić information content (AvgIpc) is 3.12. The van der Waals surface area contributed by atoms with Crippen molar-refractivity contribution in [3.05, 3.63) is 72.4 Å². The second-order valence-electron chi connectivity index (χ2n) is 6.71. The summed E-state index contributed by atoms with van der Waals surface area (Å²) in [6.45, 7) is 1.03. The highest BCUT2D eigenvalue weighted by Crippen LogP contribution is 2.32. The molecule has 0 saturated heterocycles. The number of thioether (sulfide) groups is 1. The highest BCUT2D eigenvalue weighted by Gasteiger charge is 2.32. The van der Waals surface area contributed by atoms with Crippen LogP contribution in [0.5, 0.6) is 0 Å². The number of carbonyl (C=O) groups is 1. The lowest BCUT2D eigenvalue weighted by atomic mass is 10.2. The van der Waals surface area contributed by atoms with E-state index >= 15 is 0 Å². The SMILES string of the molecule is CCC(Sc1ncc(-c2ccccc2)n1CC(F)(F)F)C(=O)NCc1ccccc1. The average molecular weight is 433 g/mol. The van der Waals surface area contributed by atoms with Crippen LogP contribution in [0.15, 0.2) is 72.0 Å². The van der Waals surface area contributed by atoms with Crippen LogP contribution in [-0.4, -0.2) is 26.9 Å². The van der Waals surface area contributed by atoms with Gasteiger partial charge in [0.2, 0.25) is 5.91 Å². The van der Waals surface area contributed by atoms with Crippen LogP contribution < -0.4 is 5.32 Å². The predicted octanol–water partition coefficient (Wildman–Crippen LogP) is 5.30. The molecule has 0 fully saturated rings. The van der Waals surface area contributed by atoms with Crippen LogP contribution in [0, 0.1) is 0 Å². The minimum absolute atomic E-state index is 0.174. The molecule has 8 heteroatoms. The first-order chi connectivity index (χ1) is 14.4. The third kappa shape index (κ3) is 5.89. The van der Waals surface area contributed by atoms with E-state index in [4.69, 9.17) is 0 Å². The molecule has 3 rings (SSSR count). The quantitative estimate of drug-likeness (QED) is 0.491. The van der Waals surface area contributed by atoms with Gasteiger partial charge >= 0.3 is 6.18 Å². The molecule has 158 valence electrons. The molecule has 1 amide bonds. The topological polar surface area (TPSA) is 46.9 Å². The second-order valence-corrected chi connectivity index (χ2v) is 7.88. The summed E-state index contributed by atoms with van der Waals surface area (Å²) in [5.74, 6) is -0.228. The highest BCUT2D eigenvalue weighted by atomic mass is 32.2. The second kappa shape index (κ2) is 9.84. The molecule has 4 nitrogen and oxygen atoms in total. The Labute approximate surface area is 177 Å². The number of rotatable bonds is 8. The van der Waals surface area contributed by atoms with Crippen molar-refractivity contribution in [2.45, 2.75) is 43.0 Å². The Morgan fingerprint density at radius 3 is 2.33 bits per heavy atom. The smallest absolute Gasteiger partial charge is 0.351 e. The van der Waals surface area contributed by atoms with Gasteiger partial charge in [0.25, 0.3) is 0 Å². The van der Waals surface area contributed by atoms with E-state index < -0.39 is 18.0 Å². The maximum atomic E-state index is 13.2. The van der Waals surface area contributed by atoms with Gasteiger partial charge in [0, 0.05) is 6.54 Å². The van der Waals surface area contributed by atoms with Crippen LogP contribution in [0.2, 0.25) is 0 Å². The molecule has 0 radical (unpaired) electrons. The fourth-order valence-corrected chi connectivity index (χ4v) is 3.99. The summed E-state index contributed by atoms with van der Waals surface area (Å²) < 4.78 is 40.9. The van der Waals surface area contributed by atoms with Crippen LogP contribution in [0.25, 0.3) is 11.3 Å². The Morgan fingerprint density at radius 2 is 1.73 bits per heavy atom. The fourth-order valence-electron chi connectivity index (χ4n) is 2.97. The Morgan fingerprint density at radius 1 is 1.10 bits per heavy atom. The van der Waals surface area contributed by atoms with Crippen molar-refractivity contribution in [3.63, 3.8) is 0 Å². The zero-order valence-corrected chi connectivity index (χ0v) is 17.2. The Hall–Kier alpha value is -2.74. The molecule has 3 aromatic rings. The zero-order valence-electron chi connectivity index (χ0n) is 16.4. The first kappa shape index (κ1) is 22.0. The largest absolute Gasteiger partial charge is 0.406 e. The summed E-state index contributed by atoms with van der Waals surface area (Å²) >= 11 is 1.05. The lowest BCUT2D eigenvalue weighted by Gasteiger charge is -2.17. The number of amides is 1. The molecule has 0 aliphatic rings. The molecule has 1 N–H and O–H groups in total. The number of halogens is 3. The van der Waals surface area contributed by atoms with Crippen LogP contribution >= 0.6 is 11.8 Å². The van der Waals surface area contributed by atoms with Crippen LogP contribution in [0.1, 0.15) is 18.9 Å². The normalized spacial score (nSPS) is 12.5. The van der Waals surface area contributed by atoms with Crippen LogP contribution in [0.4, 0.5) is 13.2 Å². The summed E-state index contributed by atoms with van der Waals surface area (Å²) in [4.78, 5) is 16.8. The van der Waals surface area contributed by atoms with Crippen molar-refractivity contribution in [1.29, 1.82) is 0 Å². The Kier molecular flexibility index (Phi) is 7.20. The van der Waals surface area contributed by atoms with E-state index in [2.05, 4.69) is 10.3 Å². The van der Waals surface area contributed by atoms with Gasteiger partial charge in [0.05, 0.1) is 17.1 Å². The summed E-state index contributed by atoms with van der Waals surface area (Å²) in [5.41, 5.74) is 1.97. The maximum absolute atomic E-state index is 13.2. The number of nitrogens with one attached hydrogen (secondary N) is 1. The molecule has 1 aromatic heterocycles. The standard InChI is InChI=1S/C22H22F3N3OS/c1-2-19(20(29)26-13-16-9-5-3-6-10-16)30-21-27-14-18(17-11-7-4-8-12-17)28(21)15-22(23,24)25/h3-12,14,19H,2,13,15H2,1H3,(H,26,29). The van der Waals surface area contributed by atoms with Crippen molar-refractivity contribution in [3.8, 4) is 11.3 Å². The van der Waals surface area contributed by atoms with Gasteiger partial charge in [-0.25, -0.2) is 4.98 Å². The molecule has 0 saturated carbocycles. The summed E-state index contributed by atoms with van der Waals surface area (Å²) in [7, 11) is 0. The lowest BCUT2D eigenvalue weighted by molar-refractivity contribution is -0.141. The van der Waals surface area contributed by atoms with Crippen molar-refractivity contribution >= 4 is 17.7 Å². The number of alkyl halides is 3. The van der Waals surface area contributed by atoms with Gasteiger partial charge in [0.1, 0.15) is 6.54 Å². The summed E-state index contributed by atoms with van der Waals surface area (Å²) in [6.07, 6.45) is -2.51. The minimum Gasteiger partial charge on any atom is -0.351 e. The van der Waals surface area contributed by atoms with Gasteiger partial charge in [-0.3, -0.25) is 4.79 Å². The number of nitrogens with zero attached hydrogens (tertiary/aromatic N) is 2. The molecule has 0 bridgehead atoms. The van der Waals surface area contributed by atoms with Crippen molar-refractivity contribution < 1.29 is 18.0 Å². The van der Waals surface area contributed by atoms with E-state index in [-0.39, 0.29) is 11.1 Å². The molecule has 0 spiro atoms. The minimum atomic E-state index is -4.41. The zero-order chi connectivity index (χ0) is 21.6. The van der Waals surface area contributed by atoms with E-state index in [1.807, 2.05) is 37.3 Å². The Bertz CT molecular complexity index is 959. The third-order valence-electron chi connectivity index (χ3n) is 4.45. The first-order valence-electron chi connectivity index (χ1n) is 9.53. The summed E-state index contributed by atoms with van der Waals surface area (Å²) in [5, 5.41) is 2.48. The molecule has 1 atom stereocenters. The monoisotopic (exact) mass is 433 g/mol. The van der Waals surface area contributed by atoms with Crippen molar-refractivity contribution in [1.82, 2.24) is 14.9 Å². The molecule has 2 aromatic carbocycles. The molecule has 1 unspecified atom stereocenters. The highest BCUT2D eigenvalue weighted by molar-refractivity contribution is 8.00. The van der Waals surface area contributed by atoms with Gasteiger partial charge in [0.15, 0.2) is 5.16 Å². The summed E-state index contributed by atoms with van der Waals surface area (Å²) in [6, 6.07) is 18.3. The van der Waals surface area contributed by atoms with E-state index in [1.165, 1.54) is 6.20 Å². The van der Waals surface area contributed by atoms with Gasteiger partial charge < -0.3 is 9.88 Å². The Balaban J connectivity index is 1.79. The third-order valence-corrected chi connectivity index (χ3v) is 5.81. The van der Waals surface area contributed by atoms with Crippen molar-refractivity contribution in [2.75, 3.05) is 0 Å². The van der Waals surface area contributed by atoms with Gasteiger partial charge in [-0.2, -0.15) is 13.2 Å². The fraction of sp³-hybridized carbons (Fsp3) is 0.273. The van der Waals surface area contributed by atoms with Crippen molar-refractivity contribution in [2.24, 2.45) is 0 Å².